The molecular formula is C17H34NO6P. The predicted octanol–water partition coefficient (Wildman–Crippen LogP) is 3.70. The number of hydrogen-bond donors (Lipinski definition) is 1. The molecule has 0 fully saturated rings. The monoisotopic (exact) mass is 379 g/mol. The van der Waals surface area contributed by atoms with Crippen LogP contribution in [0.2, 0.25) is 0 Å². The Balaban J connectivity index is 4.51. The third-order valence-electron chi connectivity index (χ3n) is 3.42. The van der Waals surface area contributed by atoms with Gasteiger partial charge in [0.25, 0.3) is 0 Å². The number of hydrogen-bond acceptors (Lipinski definition) is 6. The minimum atomic E-state index is -3.69. The van der Waals surface area contributed by atoms with E-state index in [0.717, 1.165) is 12.8 Å². The zero-order chi connectivity index (χ0) is 19.1. The lowest BCUT2D eigenvalue weighted by molar-refractivity contribution is -0.120. The first-order chi connectivity index (χ1) is 11.9. The molecule has 0 saturated heterocycles. The van der Waals surface area contributed by atoms with E-state index in [1.54, 1.807) is 0 Å². The van der Waals surface area contributed by atoms with Crippen molar-refractivity contribution in [2.45, 2.75) is 53.0 Å². The average molecular weight is 379 g/mol. The summed E-state index contributed by atoms with van der Waals surface area (Å²) < 4.78 is 33.9. The van der Waals surface area contributed by atoms with Gasteiger partial charge in [-0.25, -0.2) is 4.57 Å². The highest BCUT2D eigenvalue weighted by molar-refractivity contribution is 7.48. The van der Waals surface area contributed by atoms with Crippen LogP contribution < -0.4 is 5.32 Å². The molecule has 3 unspecified atom stereocenters. The zero-order valence-corrected chi connectivity index (χ0v) is 16.9. The van der Waals surface area contributed by atoms with Crippen molar-refractivity contribution in [2.24, 2.45) is 5.92 Å². The molecule has 0 aliphatic heterocycles. The molecule has 1 amide bonds. The van der Waals surface area contributed by atoms with E-state index < -0.39 is 13.9 Å². The maximum atomic E-state index is 12.5. The molecule has 7 nitrogen and oxygen atoms in total. The number of amides is 1. The van der Waals surface area contributed by atoms with E-state index in [-0.39, 0.29) is 32.3 Å². The Labute approximate surface area is 152 Å². The molecule has 0 aromatic rings. The van der Waals surface area contributed by atoms with Gasteiger partial charge in [0, 0.05) is 13.5 Å². The second-order valence-electron chi connectivity index (χ2n) is 5.94. The minimum Gasteiger partial charge on any atom is -0.379 e. The van der Waals surface area contributed by atoms with Crippen molar-refractivity contribution >= 4 is 13.7 Å². The van der Waals surface area contributed by atoms with Gasteiger partial charge in [0.2, 0.25) is 5.91 Å². The first-order valence-electron chi connectivity index (χ1n) is 8.86. The van der Waals surface area contributed by atoms with Crippen LogP contribution in [0.25, 0.3) is 0 Å². The van der Waals surface area contributed by atoms with Crippen LogP contribution >= 0.6 is 7.82 Å². The normalized spacial score (nSPS) is 16.0. The fourth-order valence-electron chi connectivity index (χ4n) is 1.77. The molecule has 148 valence electrons. The van der Waals surface area contributed by atoms with Gasteiger partial charge in [-0.2, -0.15) is 0 Å². The number of carbonyl (C=O) groups excluding carboxylic acids is 1. The molecule has 8 heteroatoms. The highest BCUT2D eigenvalue weighted by Crippen LogP contribution is 2.49. The maximum absolute atomic E-state index is 12.5. The van der Waals surface area contributed by atoms with E-state index in [9.17, 15) is 9.36 Å². The molecule has 25 heavy (non-hydrogen) atoms. The van der Waals surface area contributed by atoms with Crippen LogP contribution in [0, 0.1) is 5.92 Å². The van der Waals surface area contributed by atoms with Crippen molar-refractivity contribution in [1.29, 1.82) is 0 Å². The summed E-state index contributed by atoms with van der Waals surface area (Å²) in [6.45, 7) is 12.3. The molecule has 3 atom stereocenters. The molecule has 0 saturated carbocycles. The van der Waals surface area contributed by atoms with Gasteiger partial charge in [-0.1, -0.05) is 33.3 Å². The highest BCUT2D eigenvalue weighted by Gasteiger charge is 2.28. The van der Waals surface area contributed by atoms with Crippen molar-refractivity contribution < 1.29 is 27.7 Å². The third-order valence-corrected chi connectivity index (χ3v) is 4.85. The van der Waals surface area contributed by atoms with Gasteiger partial charge in [-0.3, -0.25) is 18.4 Å². The van der Waals surface area contributed by atoms with Gasteiger partial charge >= 0.3 is 7.82 Å². The molecule has 0 rings (SSSR count). The molecule has 0 heterocycles. The van der Waals surface area contributed by atoms with Gasteiger partial charge < -0.3 is 10.1 Å². The quantitative estimate of drug-likeness (QED) is 0.250. The molecule has 0 aromatic carbocycles. The van der Waals surface area contributed by atoms with E-state index >= 15 is 0 Å². The highest BCUT2D eigenvalue weighted by atomic mass is 31.2. The molecular weight excluding hydrogens is 345 g/mol. The summed E-state index contributed by atoms with van der Waals surface area (Å²) in [5, 5.41) is 2.73. The lowest BCUT2D eigenvalue weighted by Gasteiger charge is -2.22. The fourth-order valence-corrected chi connectivity index (χ4v) is 3.05. The topological polar surface area (TPSA) is 83.1 Å². The van der Waals surface area contributed by atoms with Crippen LogP contribution in [0.4, 0.5) is 0 Å². The van der Waals surface area contributed by atoms with Gasteiger partial charge in [0.05, 0.1) is 32.5 Å². The van der Waals surface area contributed by atoms with Gasteiger partial charge in [0.15, 0.2) is 0 Å². The summed E-state index contributed by atoms with van der Waals surface area (Å²) in [5.74, 6) is 0.376. The second-order valence-corrected chi connectivity index (χ2v) is 7.60. The first-order valence-corrected chi connectivity index (χ1v) is 10.3. The lowest BCUT2D eigenvalue weighted by Crippen LogP contribution is -2.40. The SMILES string of the molecule is C=CCOP(=O)(OCCC)OCC(COCCC(C)CC)NC(C)=O. The van der Waals surface area contributed by atoms with Crippen molar-refractivity contribution in [3.8, 4) is 0 Å². The van der Waals surface area contributed by atoms with Gasteiger partial charge in [-0.05, 0) is 18.8 Å². The Bertz CT molecular complexity index is 418. The molecule has 1 N–H and O–H groups in total. The largest absolute Gasteiger partial charge is 0.475 e. The summed E-state index contributed by atoms with van der Waals surface area (Å²) in [6.07, 6.45) is 4.19. The number of phosphoric ester groups is 1. The van der Waals surface area contributed by atoms with Gasteiger partial charge in [-0.15, -0.1) is 6.58 Å². The summed E-state index contributed by atoms with van der Waals surface area (Å²) in [4.78, 5) is 11.3. The Kier molecular flexibility index (Phi) is 14.0. The van der Waals surface area contributed by atoms with Crippen molar-refractivity contribution in [3.63, 3.8) is 0 Å². The first kappa shape index (κ1) is 24.3. The minimum absolute atomic E-state index is 0.0267. The Morgan fingerprint density at radius 2 is 1.92 bits per heavy atom. The van der Waals surface area contributed by atoms with E-state index in [1.807, 2.05) is 6.92 Å². The molecule has 0 bridgehead atoms. The lowest BCUT2D eigenvalue weighted by atomic mass is 10.1. The Hall–Kier alpha value is -0.720. The van der Waals surface area contributed by atoms with Crippen LogP contribution in [0.1, 0.15) is 47.0 Å². The molecule has 0 aliphatic carbocycles. The summed E-state index contributed by atoms with van der Waals surface area (Å²) in [5.41, 5.74) is 0. The third kappa shape index (κ3) is 13.2. The predicted molar refractivity (Wildman–Crippen MR) is 98.4 cm³/mol. The van der Waals surface area contributed by atoms with Crippen LogP contribution in [0.15, 0.2) is 12.7 Å². The van der Waals surface area contributed by atoms with Crippen molar-refractivity contribution in [1.82, 2.24) is 5.32 Å². The summed E-state index contributed by atoms with van der Waals surface area (Å²) in [7, 11) is -3.69. The van der Waals surface area contributed by atoms with Crippen molar-refractivity contribution in [2.75, 3.05) is 33.0 Å². The van der Waals surface area contributed by atoms with Crippen molar-refractivity contribution in [3.05, 3.63) is 12.7 Å². The number of rotatable bonds is 16. The molecule has 0 spiro atoms. The van der Waals surface area contributed by atoms with Gasteiger partial charge in [0.1, 0.15) is 0 Å². The van der Waals surface area contributed by atoms with E-state index in [0.29, 0.717) is 18.9 Å². The summed E-state index contributed by atoms with van der Waals surface area (Å²) in [6, 6.07) is -0.430. The average Bonchev–Trinajstić information content (AvgIpc) is 2.59. The fraction of sp³-hybridized carbons (Fsp3) is 0.824. The maximum Gasteiger partial charge on any atom is 0.475 e. The smallest absolute Gasteiger partial charge is 0.379 e. The Morgan fingerprint density at radius 3 is 2.48 bits per heavy atom. The van der Waals surface area contributed by atoms with Crippen LogP contribution in [0.5, 0.6) is 0 Å². The number of ether oxygens (including phenoxy) is 1. The number of carbonyl (C=O) groups is 1. The zero-order valence-electron chi connectivity index (χ0n) is 16.0. The summed E-state index contributed by atoms with van der Waals surface area (Å²) >= 11 is 0. The van der Waals surface area contributed by atoms with Crippen LogP contribution in [0.3, 0.4) is 0 Å². The van der Waals surface area contributed by atoms with Crippen LogP contribution in [-0.2, 0) is 27.7 Å². The van der Waals surface area contributed by atoms with E-state index in [2.05, 4.69) is 25.7 Å². The van der Waals surface area contributed by atoms with E-state index in [1.165, 1.54) is 13.0 Å². The van der Waals surface area contributed by atoms with E-state index in [4.69, 9.17) is 18.3 Å². The molecule has 0 aromatic heterocycles. The Morgan fingerprint density at radius 1 is 1.20 bits per heavy atom. The molecule has 0 radical (unpaired) electrons. The standard InChI is InChI=1S/C17H34NO6P/c1-6-10-22-25(20,23-11-7-2)24-14-17(18-16(5)19)13-21-12-9-15(4)8-3/h6,15,17H,1,7-14H2,2-5H3,(H,18,19). The van der Waals surface area contributed by atoms with Crippen LogP contribution in [-0.4, -0.2) is 45.0 Å². The number of phosphoric acid groups is 1. The molecule has 0 aliphatic rings. The second kappa shape index (κ2) is 14.4. The number of nitrogens with one attached hydrogen (secondary N) is 1.